The monoisotopic (exact) mass is 451 g/mol. The maximum atomic E-state index is 8.60. The molecular formula is C30H29NO3. The number of ether oxygens (including phenoxy) is 2. The molecule has 4 rings (SSSR count). The van der Waals surface area contributed by atoms with E-state index in [-0.39, 0.29) is 5.41 Å². The second-order valence-corrected chi connectivity index (χ2v) is 8.73. The minimum absolute atomic E-state index is 0.0686. The van der Waals surface area contributed by atoms with E-state index in [9.17, 15) is 0 Å². The highest BCUT2D eigenvalue weighted by atomic mass is 16.5. The zero-order chi connectivity index (χ0) is 23.8. The van der Waals surface area contributed by atoms with Gasteiger partial charge in [-0.2, -0.15) is 0 Å². The van der Waals surface area contributed by atoms with Crippen LogP contribution in [0.1, 0.15) is 41.7 Å². The second kappa shape index (κ2) is 10.7. The molecule has 0 aliphatic heterocycles. The van der Waals surface area contributed by atoms with Gasteiger partial charge in [-0.05, 0) is 70.3 Å². The van der Waals surface area contributed by atoms with Crippen LogP contribution in [0.2, 0.25) is 0 Å². The SMILES string of the molecule is CC(C)(c1ccccc1)c1ccc(OCc2cccc(COc3ccc(C=NO)cc3)c2)cc1. The molecule has 4 heteroatoms. The maximum Gasteiger partial charge on any atom is 0.119 e. The summed E-state index contributed by atoms with van der Waals surface area (Å²) < 4.78 is 11.9. The fourth-order valence-electron chi connectivity index (χ4n) is 3.85. The third-order valence-electron chi connectivity index (χ3n) is 5.96. The molecule has 0 heterocycles. The summed E-state index contributed by atoms with van der Waals surface area (Å²) in [5, 5.41) is 11.6. The van der Waals surface area contributed by atoms with Gasteiger partial charge in [-0.1, -0.05) is 79.7 Å². The van der Waals surface area contributed by atoms with Crippen molar-refractivity contribution in [2.24, 2.45) is 5.16 Å². The van der Waals surface area contributed by atoms with Crippen molar-refractivity contribution in [3.8, 4) is 11.5 Å². The molecule has 4 nitrogen and oxygen atoms in total. The van der Waals surface area contributed by atoms with E-state index in [4.69, 9.17) is 14.7 Å². The van der Waals surface area contributed by atoms with Gasteiger partial charge in [0.2, 0.25) is 0 Å². The Kier molecular flexibility index (Phi) is 7.28. The second-order valence-electron chi connectivity index (χ2n) is 8.73. The van der Waals surface area contributed by atoms with Crippen LogP contribution in [-0.4, -0.2) is 11.4 Å². The molecule has 1 N–H and O–H groups in total. The lowest BCUT2D eigenvalue weighted by molar-refractivity contribution is 0.300. The Hall–Kier alpha value is -4.05. The maximum absolute atomic E-state index is 8.60. The Morgan fingerprint density at radius 1 is 0.676 bits per heavy atom. The van der Waals surface area contributed by atoms with Crippen molar-refractivity contribution in [1.82, 2.24) is 0 Å². The molecule has 0 saturated heterocycles. The molecule has 0 unspecified atom stereocenters. The molecule has 4 aromatic rings. The van der Waals surface area contributed by atoms with Crippen LogP contribution in [0.3, 0.4) is 0 Å². The molecule has 4 aromatic carbocycles. The topological polar surface area (TPSA) is 51.0 Å². The summed E-state index contributed by atoms with van der Waals surface area (Å²) in [6.07, 6.45) is 1.38. The van der Waals surface area contributed by atoms with E-state index in [2.05, 4.69) is 67.5 Å². The van der Waals surface area contributed by atoms with E-state index in [1.165, 1.54) is 17.3 Å². The van der Waals surface area contributed by atoms with Crippen molar-refractivity contribution in [2.45, 2.75) is 32.5 Å². The molecule has 0 amide bonds. The summed E-state index contributed by atoms with van der Waals surface area (Å²) in [4.78, 5) is 0. The molecular weight excluding hydrogens is 422 g/mol. The molecule has 0 saturated carbocycles. The van der Waals surface area contributed by atoms with Crippen molar-refractivity contribution >= 4 is 6.21 Å². The van der Waals surface area contributed by atoms with Gasteiger partial charge < -0.3 is 14.7 Å². The third kappa shape index (κ3) is 5.84. The number of benzene rings is 4. The molecule has 0 fully saturated rings. The Morgan fingerprint density at radius 3 is 1.76 bits per heavy atom. The van der Waals surface area contributed by atoms with Gasteiger partial charge in [0.25, 0.3) is 0 Å². The first-order valence-corrected chi connectivity index (χ1v) is 11.3. The molecule has 0 atom stereocenters. The number of rotatable bonds is 9. The standard InChI is InChI=1S/C30H29NO3/c1-30(2,26-9-4-3-5-10-26)27-13-17-29(18-14-27)34-22-25-8-6-7-24(19-25)21-33-28-15-11-23(12-16-28)20-31-32/h3-20,32H,21-22H2,1-2H3. The molecule has 34 heavy (non-hydrogen) atoms. The Balaban J connectivity index is 1.33. The van der Waals surface area contributed by atoms with Crippen molar-refractivity contribution in [2.75, 3.05) is 0 Å². The number of oxime groups is 1. The van der Waals surface area contributed by atoms with Gasteiger partial charge in [0.1, 0.15) is 24.7 Å². The first-order chi connectivity index (χ1) is 16.5. The largest absolute Gasteiger partial charge is 0.489 e. The highest BCUT2D eigenvalue weighted by molar-refractivity contribution is 5.79. The van der Waals surface area contributed by atoms with E-state index >= 15 is 0 Å². The van der Waals surface area contributed by atoms with E-state index in [1.807, 2.05) is 54.6 Å². The molecule has 0 radical (unpaired) electrons. The van der Waals surface area contributed by atoms with Gasteiger partial charge in [-0.3, -0.25) is 0 Å². The van der Waals surface area contributed by atoms with E-state index < -0.39 is 0 Å². The van der Waals surface area contributed by atoms with E-state index in [0.29, 0.717) is 13.2 Å². The van der Waals surface area contributed by atoms with Crippen LogP contribution >= 0.6 is 0 Å². The zero-order valence-electron chi connectivity index (χ0n) is 19.5. The van der Waals surface area contributed by atoms with Crippen LogP contribution in [0.5, 0.6) is 11.5 Å². The van der Waals surface area contributed by atoms with Crippen molar-refractivity contribution in [1.29, 1.82) is 0 Å². The predicted octanol–water partition coefficient (Wildman–Crippen LogP) is 6.98. The molecule has 172 valence electrons. The Labute approximate surface area is 201 Å². The van der Waals surface area contributed by atoms with Crippen LogP contribution in [0.15, 0.2) is 108 Å². The molecule has 0 aliphatic rings. The van der Waals surface area contributed by atoms with Crippen molar-refractivity contribution in [3.05, 3.63) is 131 Å². The fraction of sp³-hybridized carbons (Fsp3) is 0.167. The molecule has 0 aromatic heterocycles. The van der Waals surface area contributed by atoms with Gasteiger partial charge in [-0.25, -0.2) is 0 Å². The first-order valence-electron chi connectivity index (χ1n) is 11.3. The average molecular weight is 452 g/mol. The summed E-state index contributed by atoms with van der Waals surface area (Å²) in [5.41, 5.74) is 5.44. The van der Waals surface area contributed by atoms with Gasteiger partial charge in [-0.15, -0.1) is 0 Å². The molecule has 0 spiro atoms. The van der Waals surface area contributed by atoms with Crippen LogP contribution < -0.4 is 9.47 Å². The quantitative estimate of drug-likeness (QED) is 0.170. The fourth-order valence-corrected chi connectivity index (χ4v) is 3.85. The first kappa shape index (κ1) is 23.1. The lowest BCUT2D eigenvalue weighted by Crippen LogP contribution is -2.18. The summed E-state index contributed by atoms with van der Waals surface area (Å²) in [7, 11) is 0. The predicted molar refractivity (Wildman–Crippen MR) is 136 cm³/mol. The van der Waals surface area contributed by atoms with Gasteiger partial charge in [0.15, 0.2) is 0 Å². The van der Waals surface area contributed by atoms with Crippen molar-refractivity contribution in [3.63, 3.8) is 0 Å². The lowest BCUT2D eigenvalue weighted by atomic mass is 9.78. The summed E-state index contributed by atoms with van der Waals surface area (Å²) in [6, 6.07) is 34.5. The van der Waals surface area contributed by atoms with Crippen LogP contribution in [0.25, 0.3) is 0 Å². The minimum atomic E-state index is -0.0686. The highest BCUT2D eigenvalue weighted by Crippen LogP contribution is 2.32. The van der Waals surface area contributed by atoms with Gasteiger partial charge in [0.05, 0.1) is 6.21 Å². The average Bonchev–Trinajstić information content (AvgIpc) is 2.88. The lowest BCUT2D eigenvalue weighted by Gasteiger charge is -2.26. The Morgan fingerprint density at radius 2 is 1.21 bits per heavy atom. The highest BCUT2D eigenvalue weighted by Gasteiger charge is 2.22. The van der Waals surface area contributed by atoms with E-state index in [0.717, 1.165) is 28.2 Å². The van der Waals surface area contributed by atoms with Crippen LogP contribution in [-0.2, 0) is 18.6 Å². The number of nitrogens with zero attached hydrogens (tertiary/aromatic N) is 1. The summed E-state index contributed by atoms with van der Waals surface area (Å²) in [6.45, 7) is 5.43. The Bertz CT molecular complexity index is 1210. The minimum Gasteiger partial charge on any atom is -0.489 e. The summed E-state index contributed by atoms with van der Waals surface area (Å²) in [5.74, 6) is 1.61. The van der Waals surface area contributed by atoms with Gasteiger partial charge >= 0.3 is 0 Å². The normalized spacial score (nSPS) is 11.5. The third-order valence-corrected chi connectivity index (χ3v) is 5.96. The number of hydrogen-bond donors (Lipinski definition) is 1. The molecule has 0 bridgehead atoms. The summed E-state index contributed by atoms with van der Waals surface area (Å²) >= 11 is 0. The smallest absolute Gasteiger partial charge is 0.119 e. The zero-order valence-corrected chi connectivity index (χ0v) is 19.5. The van der Waals surface area contributed by atoms with Gasteiger partial charge in [0, 0.05) is 5.41 Å². The van der Waals surface area contributed by atoms with Crippen molar-refractivity contribution < 1.29 is 14.7 Å². The molecule has 0 aliphatic carbocycles. The van der Waals surface area contributed by atoms with Crippen LogP contribution in [0, 0.1) is 0 Å². The van der Waals surface area contributed by atoms with E-state index in [1.54, 1.807) is 0 Å². The van der Waals surface area contributed by atoms with Crippen LogP contribution in [0.4, 0.5) is 0 Å². The number of hydrogen-bond acceptors (Lipinski definition) is 4.